The Bertz CT molecular complexity index is 935. The number of thiazole rings is 1. The van der Waals surface area contributed by atoms with Gasteiger partial charge in [0.2, 0.25) is 0 Å². The number of urea groups is 1. The van der Waals surface area contributed by atoms with E-state index in [4.69, 9.17) is 4.74 Å². The molecular weight excluding hydrogens is 380 g/mol. The number of carbonyl (C=O) groups excluding carboxylic acids is 1. The van der Waals surface area contributed by atoms with Gasteiger partial charge in [-0.25, -0.2) is 4.79 Å². The lowest BCUT2D eigenvalue weighted by Crippen LogP contribution is -2.27. The molecule has 144 valence electrons. The Hall–Kier alpha value is -2.46. The average molecular weight is 397 g/mol. The van der Waals surface area contributed by atoms with Crippen LogP contribution in [0.25, 0.3) is 5.69 Å². The summed E-state index contributed by atoms with van der Waals surface area (Å²) in [5.41, 5.74) is 0.529. The van der Waals surface area contributed by atoms with Crippen molar-refractivity contribution in [2.45, 2.75) is 25.7 Å². The van der Waals surface area contributed by atoms with E-state index in [0.29, 0.717) is 30.2 Å². The van der Waals surface area contributed by atoms with Gasteiger partial charge in [0.1, 0.15) is 0 Å². The molecule has 0 radical (unpaired) electrons. The second kappa shape index (κ2) is 6.93. The first-order valence-corrected chi connectivity index (χ1v) is 9.21. The Morgan fingerprint density at radius 1 is 1.30 bits per heavy atom. The highest BCUT2D eigenvalue weighted by atomic mass is 32.1. The largest absolute Gasteiger partial charge is 0.586 e. The van der Waals surface area contributed by atoms with Crippen LogP contribution in [0.4, 0.5) is 13.6 Å². The number of carbonyl (C=O) groups is 1. The van der Waals surface area contributed by atoms with Gasteiger partial charge in [-0.3, -0.25) is 4.57 Å². The van der Waals surface area contributed by atoms with E-state index in [1.165, 1.54) is 23.5 Å². The van der Waals surface area contributed by atoms with E-state index in [-0.39, 0.29) is 17.5 Å². The van der Waals surface area contributed by atoms with E-state index in [9.17, 15) is 13.6 Å². The zero-order valence-corrected chi connectivity index (χ0v) is 15.3. The molecule has 3 heterocycles. The Morgan fingerprint density at radius 2 is 2.04 bits per heavy atom. The van der Waals surface area contributed by atoms with E-state index in [2.05, 4.69) is 14.5 Å². The molecule has 10 heteroatoms. The molecule has 0 bridgehead atoms. The fraction of sp³-hybridized carbons (Fsp3) is 0.412. The number of hydrogen-bond donors (Lipinski definition) is 0. The Morgan fingerprint density at radius 3 is 2.78 bits per heavy atom. The zero-order valence-electron chi connectivity index (χ0n) is 14.5. The number of halogens is 2. The SMILES string of the molecule is COCc1cn(-c2ccc3c(c2)OC(F)(F)O3)/c(=N/C(=O)N2CCCC2)s1. The molecule has 1 fully saturated rings. The summed E-state index contributed by atoms with van der Waals surface area (Å²) < 4.78 is 42.3. The molecule has 4 rings (SSSR count). The number of hydrogen-bond acceptors (Lipinski definition) is 5. The van der Waals surface area contributed by atoms with Crippen LogP contribution >= 0.6 is 11.3 Å². The first-order valence-electron chi connectivity index (χ1n) is 8.39. The molecule has 2 amide bonds. The van der Waals surface area contributed by atoms with Crippen LogP contribution in [0.1, 0.15) is 17.7 Å². The van der Waals surface area contributed by atoms with Crippen LogP contribution in [-0.4, -0.2) is 42.0 Å². The van der Waals surface area contributed by atoms with Gasteiger partial charge in [0.15, 0.2) is 16.3 Å². The van der Waals surface area contributed by atoms with Crippen LogP contribution in [0, 0.1) is 0 Å². The summed E-state index contributed by atoms with van der Waals surface area (Å²) in [6.07, 6.45) is 0.0222. The second-order valence-corrected chi connectivity index (χ2v) is 7.26. The number of methoxy groups -OCH3 is 1. The summed E-state index contributed by atoms with van der Waals surface area (Å²) in [5.74, 6) is -0.107. The Kier molecular flexibility index (Phi) is 4.60. The van der Waals surface area contributed by atoms with Crippen molar-refractivity contribution in [3.05, 3.63) is 34.1 Å². The highest BCUT2D eigenvalue weighted by molar-refractivity contribution is 7.09. The molecule has 1 aromatic heterocycles. The van der Waals surface area contributed by atoms with Gasteiger partial charge < -0.3 is 19.1 Å². The standard InChI is InChI=1S/C17H17F2N3O4S/c1-24-10-12-9-22(16(27-12)20-15(23)21-6-2-3-7-21)11-4-5-13-14(8-11)26-17(18,19)25-13/h4-5,8-9H,2-3,6-7,10H2,1H3/b20-16-. The first-order chi connectivity index (χ1) is 12.9. The van der Waals surface area contributed by atoms with E-state index < -0.39 is 6.29 Å². The topological polar surface area (TPSA) is 65.3 Å². The van der Waals surface area contributed by atoms with Crippen molar-refractivity contribution in [3.8, 4) is 17.2 Å². The lowest BCUT2D eigenvalue weighted by Gasteiger charge is -2.10. The van der Waals surface area contributed by atoms with Crippen LogP contribution in [0.3, 0.4) is 0 Å². The van der Waals surface area contributed by atoms with E-state index >= 15 is 0 Å². The van der Waals surface area contributed by atoms with E-state index in [0.717, 1.165) is 17.7 Å². The number of rotatable bonds is 3. The number of ether oxygens (including phenoxy) is 3. The monoisotopic (exact) mass is 397 g/mol. The molecule has 0 saturated carbocycles. The van der Waals surface area contributed by atoms with Gasteiger partial charge in [-0.2, -0.15) is 4.99 Å². The first kappa shape index (κ1) is 17.9. The molecule has 2 aliphatic rings. The highest BCUT2D eigenvalue weighted by Gasteiger charge is 2.43. The summed E-state index contributed by atoms with van der Waals surface area (Å²) >= 11 is 1.30. The van der Waals surface area contributed by atoms with Crippen LogP contribution in [0.5, 0.6) is 11.5 Å². The third-order valence-electron chi connectivity index (χ3n) is 4.22. The van der Waals surface area contributed by atoms with Gasteiger partial charge in [0.25, 0.3) is 0 Å². The minimum absolute atomic E-state index is 0.0386. The number of alkyl halides is 2. The molecule has 27 heavy (non-hydrogen) atoms. The minimum Gasteiger partial charge on any atom is -0.395 e. The van der Waals surface area contributed by atoms with E-state index in [1.807, 2.05) is 0 Å². The molecule has 1 saturated heterocycles. The molecular formula is C17H17F2N3O4S. The van der Waals surface area contributed by atoms with Gasteiger partial charge in [0, 0.05) is 32.5 Å². The van der Waals surface area contributed by atoms with Crippen LogP contribution in [-0.2, 0) is 11.3 Å². The lowest BCUT2D eigenvalue weighted by atomic mass is 10.3. The highest BCUT2D eigenvalue weighted by Crippen LogP contribution is 2.41. The quantitative estimate of drug-likeness (QED) is 0.798. The molecule has 0 N–H and O–H groups in total. The fourth-order valence-electron chi connectivity index (χ4n) is 3.01. The zero-order chi connectivity index (χ0) is 19.0. The smallest absolute Gasteiger partial charge is 0.395 e. The number of aromatic nitrogens is 1. The van der Waals surface area contributed by atoms with Crippen molar-refractivity contribution in [3.63, 3.8) is 0 Å². The molecule has 0 spiro atoms. The number of benzene rings is 1. The predicted octanol–water partition coefficient (Wildman–Crippen LogP) is 3.12. The molecule has 0 unspecified atom stereocenters. The number of fused-ring (bicyclic) bond motifs is 1. The van der Waals surface area contributed by atoms with Crippen molar-refractivity contribution in [2.24, 2.45) is 4.99 Å². The average Bonchev–Trinajstić information content (AvgIpc) is 3.31. The fourth-order valence-corrected chi connectivity index (χ4v) is 3.96. The van der Waals surface area contributed by atoms with Gasteiger partial charge in [0.05, 0.1) is 17.2 Å². The summed E-state index contributed by atoms with van der Waals surface area (Å²) in [6.45, 7) is 1.73. The Labute approximate surface area is 157 Å². The minimum atomic E-state index is -3.68. The molecule has 1 aromatic carbocycles. The predicted molar refractivity (Wildman–Crippen MR) is 92.3 cm³/mol. The van der Waals surface area contributed by atoms with Crippen molar-refractivity contribution in [1.29, 1.82) is 0 Å². The summed E-state index contributed by atoms with van der Waals surface area (Å²) in [7, 11) is 1.57. The molecule has 0 atom stereocenters. The van der Waals surface area contributed by atoms with Gasteiger partial charge in [-0.1, -0.05) is 11.3 Å². The van der Waals surface area contributed by atoms with E-state index in [1.54, 1.807) is 28.8 Å². The van der Waals surface area contributed by atoms with Crippen LogP contribution < -0.4 is 14.3 Å². The van der Waals surface area contributed by atoms with Crippen LogP contribution in [0.15, 0.2) is 29.4 Å². The maximum atomic E-state index is 13.3. The van der Waals surface area contributed by atoms with Crippen molar-refractivity contribution in [2.75, 3.05) is 20.2 Å². The van der Waals surface area contributed by atoms with Crippen molar-refractivity contribution >= 4 is 17.4 Å². The number of likely N-dealkylation sites (tertiary alicyclic amines) is 1. The molecule has 2 aliphatic heterocycles. The summed E-state index contributed by atoms with van der Waals surface area (Å²) in [6, 6.07) is 4.13. The summed E-state index contributed by atoms with van der Waals surface area (Å²) in [4.78, 5) is 19.6. The van der Waals surface area contributed by atoms with Gasteiger partial charge >= 0.3 is 12.3 Å². The third-order valence-corrected chi connectivity index (χ3v) is 5.18. The molecule has 7 nitrogen and oxygen atoms in total. The summed E-state index contributed by atoms with van der Waals surface area (Å²) in [5, 5.41) is 0. The van der Waals surface area contributed by atoms with Crippen LogP contribution in [0.2, 0.25) is 0 Å². The lowest BCUT2D eigenvalue weighted by molar-refractivity contribution is -0.286. The van der Waals surface area contributed by atoms with Crippen molar-refractivity contribution < 1.29 is 27.8 Å². The maximum absolute atomic E-state index is 13.3. The van der Waals surface area contributed by atoms with Gasteiger partial charge in [-0.15, -0.1) is 8.78 Å². The second-order valence-electron chi connectivity index (χ2n) is 6.17. The number of amides is 2. The number of nitrogens with zero attached hydrogens (tertiary/aromatic N) is 3. The third kappa shape index (κ3) is 3.67. The molecule has 0 aliphatic carbocycles. The van der Waals surface area contributed by atoms with Crippen molar-refractivity contribution in [1.82, 2.24) is 9.47 Å². The molecule has 2 aromatic rings. The van der Waals surface area contributed by atoms with Gasteiger partial charge in [-0.05, 0) is 25.0 Å². The Balaban J connectivity index is 1.73. The normalized spacial score (nSPS) is 18.3. The maximum Gasteiger partial charge on any atom is 0.586 e.